The number of anilines is 1. The molecule has 2 heterocycles. The number of nitrogens with one attached hydrogen (secondary N) is 1. The number of piperidine rings is 1. The number of rotatable bonds is 6. The van der Waals surface area contributed by atoms with Gasteiger partial charge in [0.15, 0.2) is 0 Å². The summed E-state index contributed by atoms with van der Waals surface area (Å²) in [6, 6.07) is 11.2. The Morgan fingerprint density at radius 2 is 1.97 bits per heavy atom. The summed E-state index contributed by atoms with van der Waals surface area (Å²) in [4.78, 5) is 30.1. The zero-order valence-electron chi connectivity index (χ0n) is 17.4. The maximum Gasteiger partial charge on any atom is 0.222 e. The molecule has 1 saturated heterocycles. The lowest BCUT2D eigenvalue weighted by molar-refractivity contribution is -0.132. The van der Waals surface area contributed by atoms with Gasteiger partial charge in [-0.25, -0.2) is 0 Å². The number of carbonyl (C=O) groups is 2. The molecule has 6 heteroatoms. The highest BCUT2D eigenvalue weighted by molar-refractivity contribution is 5.88. The Balaban J connectivity index is 1.72. The van der Waals surface area contributed by atoms with Crippen LogP contribution in [0.3, 0.4) is 0 Å². The van der Waals surface area contributed by atoms with E-state index in [2.05, 4.69) is 5.32 Å². The fourth-order valence-electron chi connectivity index (χ4n) is 3.69. The lowest BCUT2D eigenvalue weighted by Gasteiger charge is -2.32. The summed E-state index contributed by atoms with van der Waals surface area (Å²) in [5, 5.41) is 2.74. The Hall–Kier alpha value is -2.89. The molecule has 29 heavy (non-hydrogen) atoms. The highest BCUT2D eigenvalue weighted by atomic mass is 16.5. The van der Waals surface area contributed by atoms with E-state index in [0.717, 1.165) is 55.2 Å². The van der Waals surface area contributed by atoms with Crippen LogP contribution in [0.15, 0.2) is 36.4 Å². The van der Waals surface area contributed by atoms with Crippen LogP contribution < -0.4 is 10.1 Å². The summed E-state index contributed by atoms with van der Waals surface area (Å²) in [7, 11) is 0. The average molecular weight is 396 g/mol. The second-order valence-electron chi connectivity index (χ2n) is 7.61. The standard InChI is InChI=1S/C23H29N3O3/c1-4-6-23(28)26-12-5-7-18(15-26)22-14-21(13-16(2)24-22)29-20-10-8-19(9-11-20)25-17(3)27/h8-11,13-14,18H,4-7,12,15H2,1-3H3,(H,25,27). The number of hydrogen-bond acceptors (Lipinski definition) is 4. The van der Waals surface area contributed by atoms with Gasteiger partial charge in [-0.3, -0.25) is 14.6 Å². The molecule has 154 valence electrons. The first-order chi connectivity index (χ1) is 13.9. The predicted molar refractivity (Wildman–Crippen MR) is 113 cm³/mol. The molecule has 0 bridgehead atoms. The Morgan fingerprint density at radius 1 is 1.21 bits per heavy atom. The summed E-state index contributed by atoms with van der Waals surface area (Å²) in [6.07, 6.45) is 3.51. The Bertz CT molecular complexity index is 864. The van der Waals surface area contributed by atoms with E-state index < -0.39 is 0 Å². The zero-order chi connectivity index (χ0) is 20.8. The minimum Gasteiger partial charge on any atom is -0.457 e. The summed E-state index contributed by atoms with van der Waals surface area (Å²) in [6.45, 7) is 7.03. The van der Waals surface area contributed by atoms with E-state index in [0.29, 0.717) is 12.2 Å². The minimum absolute atomic E-state index is 0.105. The molecule has 0 spiro atoms. The fourth-order valence-corrected chi connectivity index (χ4v) is 3.69. The van der Waals surface area contributed by atoms with Gasteiger partial charge in [0.05, 0.1) is 0 Å². The van der Waals surface area contributed by atoms with Gasteiger partial charge >= 0.3 is 0 Å². The summed E-state index contributed by atoms with van der Waals surface area (Å²) >= 11 is 0. The van der Waals surface area contributed by atoms with Crippen molar-refractivity contribution < 1.29 is 14.3 Å². The molecule has 1 unspecified atom stereocenters. The molecule has 1 aliphatic heterocycles. The molecular weight excluding hydrogens is 366 g/mol. The van der Waals surface area contributed by atoms with Crippen LogP contribution in [0, 0.1) is 6.92 Å². The van der Waals surface area contributed by atoms with Crippen LogP contribution in [0.2, 0.25) is 0 Å². The van der Waals surface area contributed by atoms with Crippen LogP contribution in [0.25, 0.3) is 0 Å². The Labute approximate surface area is 172 Å². The number of likely N-dealkylation sites (tertiary alicyclic amines) is 1. The van der Waals surface area contributed by atoms with Gasteiger partial charge in [-0.15, -0.1) is 0 Å². The summed E-state index contributed by atoms with van der Waals surface area (Å²) in [5.41, 5.74) is 2.60. The number of nitrogens with zero attached hydrogens (tertiary/aromatic N) is 2. The number of ether oxygens (including phenoxy) is 1. The van der Waals surface area contributed by atoms with Crippen molar-refractivity contribution in [2.24, 2.45) is 0 Å². The maximum absolute atomic E-state index is 12.3. The number of pyridine rings is 1. The van der Waals surface area contributed by atoms with Gasteiger partial charge in [-0.05, 0) is 50.5 Å². The third kappa shape index (κ3) is 5.79. The van der Waals surface area contributed by atoms with Gasteiger partial charge < -0.3 is 15.0 Å². The first kappa shape index (κ1) is 20.8. The van der Waals surface area contributed by atoms with E-state index in [9.17, 15) is 9.59 Å². The SMILES string of the molecule is CCCC(=O)N1CCCC(c2cc(Oc3ccc(NC(C)=O)cc3)cc(C)n2)C1. The topological polar surface area (TPSA) is 71.5 Å². The zero-order valence-corrected chi connectivity index (χ0v) is 17.4. The quantitative estimate of drug-likeness (QED) is 0.773. The van der Waals surface area contributed by atoms with Crippen LogP contribution in [0.1, 0.15) is 56.8 Å². The third-order valence-electron chi connectivity index (χ3n) is 5.01. The molecule has 0 saturated carbocycles. The van der Waals surface area contributed by atoms with Crippen molar-refractivity contribution in [3.8, 4) is 11.5 Å². The fraction of sp³-hybridized carbons (Fsp3) is 0.435. The molecule has 1 aromatic carbocycles. The smallest absolute Gasteiger partial charge is 0.222 e. The molecule has 1 fully saturated rings. The number of aromatic nitrogens is 1. The molecule has 2 amide bonds. The molecule has 1 atom stereocenters. The lowest BCUT2D eigenvalue weighted by atomic mass is 9.93. The third-order valence-corrected chi connectivity index (χ3v) is 5.01. The Morgan fingerprint density at radius 3 is 2.66 bits per heavy atom. The van der Waals surface area contributed by atoms with Crippen molar-refractivity contribution in [1.82, 2.24) is 9.88 Å². The molecule has 1 aromatic heterocycles. The summed E-state index contributed by atoms with van der Waals surface area (Å²) in [5.74, 6) is 1.79. The first-order valence-corrected chi connectivity index (χ1v) is 10.3. The lowest BCUT2D eigenvalue weighted by Crippen LogP contribution is -2.39. The van der Waals surface area contributed by atoms with Gasteiger partial charge in [0.1, 0.15) is 11.5 Å². The van der Waals surface area contributed by atoms with Crippen molar-refractivity contribution in [2.45, 2.75) is 52.4 Å². The van der Waals surface area contributed by atoms with Gasteiger partial charge in [-0.1, -0.05) is 6.92 Å². The number of hydrogen-bond donors (Lipinski definition) is 1. The second-order valence-corrected chi connectivity index (χ2v) is 7.61. The number of benzene rings is 1. The van der Waals surface area contributed by atoms with Crippen molar-refractivity contribution in [3.63, 3.8) is 0 Å². The molecule has 1 aliphatic rings. The first-order valence-electron chi connectivity index (χ1n) is 10.3. The van der Waals surface area contributed by atoms with Crippen molar-refractivity contribution in [3.05, 3.63) is 47.8 Å². The minimum atomic E-state index is -0.105. The number of amides is 2. The van der Waals surface area contributed by atoms with E-state index in [1.807, 2.05) is 55.1 Å². The van der Waals surface area contributed by atoms with Crippen molar-refractivity contribution in [1.29, 1.82) is 0 Å². The van der Waals surface area contributed by atoms with Gasteiger partial charge in [0.25, 0.3) is 0 Å². The average Bonchev–Trinajstić information content (AvgIpc) is 2.69. The van der Waals surface area contributed by atoms with Gasteiger partial charge in [-0.2, -0.15) is 0 Å². The monoisotopic (exact) mass is 395 g/mol. The van der Waals surface area contributed by atoms with Crippen molar-refractivity contribution in [2.75, 3.05) is 18.4 Å². The predicted octanol–water partition coefficient (Wildman–Crippen LogP) is 4.65. The molecule has 2 aromatic rings. The maximum atomic E-state index is 12.3. The van der Waals surface area contributed by atoms with Gasteiger partial charge in [0, 0.05) is 61.6 Å². The summed E-state index contributed by atoms with van der Waals surface area (Å²) < 4.78 is 6.03. The largest absolute Gasteiger partial charge is 0.457 e. The van der Waals surface area contributed by atoms with E-state index in [1.165, 1.54) is 6.92 Å². The highest BCUT2D eigenvalue weighted by Crippen LogP contribution is 2.31. The van der Waals surface area contributed by atoms with Crippen LogP contribution in [0.4, 0.5) is 5.69 Å². The Kier molecular flexibility index (Phi) is 6.86. The highest BCUT2D eigenvalue weighted by Gasteiger charge is 2.25. The molecular formula is C23H29N3O3. The van der Waals surface area contributed by atoms with Crippen LogP contribution in [-0.2, 0) is 9.59 Å². The molecule has 6 nitrogen and oxygen atoms in total. The molecule has 1 N–H and O–H groups in total. The van der Waals surface area contributed by atoms with Gasteiger partial charge in [0.2, 0.25) is 11.8 Å². The second kappa shape index (κ2) is 9.54. The number of carbonyl (C=O) groups excluding carboxylic acids is 2. The van der Waals surface area contributed by atoms with E-state index >= 15 is 0 Å². The van der Waals surface area contributed by atoms with E-state index in [-0.39, 0.29) is 17.7 Å². The van der Waals surface area contributed by atoms with E-state index in [4.69, 9.17) is 9.72 Å². The van der Waals surface area contributed by atoms with Crippen LogP contribution in [0.5, 0.6) is 11.5 Å². The van der Waals surface area contributed by atoms with Crippen LogP contribution in [-0.4, -0.2) is 34.8 Å². The molecule has 0 aliphatic carbocycles. The van der Waals surface area contributed by atoms with Crippen molar-refractivity contribution >= 4 is 17.5 Å². The van der Waals surface area contributed by atoms with E-state index in [1.54, 1.807) is 0 Å². The molecule has 3 rings (SSSR count). The van der Waals surface area contributed by atoms with Crippen LogP contribution >= 0.6 is 0 Å². The number of aryl methyl sites for hydroxylation is 1. The molecule has 0 radical (unpaired) electrons. The normalized spacial score (nSPS) is 16.4.